The topological polar surface area (TPSA) is 51.7 Å². The second-order valence-electron chi connectivity index (χ2n) is 6.84. The van der Waals surface area contributed by atoms with E-state index in [9.17, 15) is 4.79 Å². The molecule has 1 aromatic heterocycles. The number of amides is 1. The summed E-state index contributed by atoms with van der Waals surface area (Å²) in [5, 5.41) is 0. The molecule has 25 heavy (non-hydrogen) atoms. The van der Waals surface area contributed by atoms with E-state index in [4.69, 9.17) is 9.47 Å². The standard InChI is InChI=1S/C20H22N2O3/c23-19(12-16-6-2-1-3-7-16)22-14-20(15-22)13-17(9-11-24-20)25-18-8-4-5-10-21-18/h1-8,10,17H,9,11-15H2/t17-/m0/s1. The summed E-state index contributed by atoms with van der Waals surface area (Å²) in [4.78, 5) is 18.5. The Balaban J connectivity index is 1.31. The minimum absolute atomic E-state index is 0.0926. The number of carbonyl (C=O) groups is 1. The highest BCUT2D eigenvalue weighted by Crippen LogP contribution is 2.35. The zero-order chi connectivity index (χ0) is 17.1. The van der Waals surface area contributed by atoms with E-state index in [0.717, 1.165) is 18.4 Å². The zero-order valence-electron chi connectivity index (χ0n) is 14.1. The van der Waals surface area contributed by atoms with Gasteiger partial charge in [-0.1, -0.05) is 36.4 Å². The molecule has 4 rings (SSSR count). The van der Waals surface area contributed by atoms with Crippen LogP contribution in [-0.2, 0) is 16.0 Å². The Labute approximate surface area is 147 Å². The number of carbonyl (C=O) groups excluding carboxylic acids is 1. The van der Waals surface area contributed by atoms with Gasteiger partial charge < -0.3 is 14.4 Å². The lowest BCUT2D eigenvalue weighted by Crippen LogP contribution is -2.67. The van der Waals surface area contributed by atoms with Crippen molar-refractivity contribution in [3.63, 3.8) is 0 Å². The molecule has 130 valence electrons. The monoisotopic (exact) mass is 338 g/mol. The van der Waals surface area contributed by atoms with Gasteiger partial charge in [0.05, 0.1) is 26.1 Å². The summed E-state index contributed by atoms with van der Waals surface area (Å²) in [5.74, 6) is 0.814. The van der Waals surface area contributed by atoms with Gasteiger partial charge in [-0.3, -0.25) is 4.79 Å². The van der Waals surface area contributed by atoms with Crippen LogP contribution in [0.15, 0.2) is 54.7 Å². The number of hydrogen-bond acceptors (Lipinski definition) is 4. The van der Waals surface area contributed by atoms with Crippen molar-refractivity contribution in [2.75, 3.05) is 19.7 Å². The van der Waals surface area contributed by atoms with Crippen LogP contribution >= 0.6 is 0 Å². The number of hydrogen-bond donors (Lipinski definition) is 0. The van der Waals surface area contributed by atoms with Crippen molar-refractivity contribution in [1.82, 2.24) is 9.88 Å². The van der Waals surface area contributed by atoms with Crippen LogP contribution in [0.4, 0.5) is 0 Å². The molecule has 2 aromatic rings. The largest absolute Gasteiger partial charge is 0.474 e. The van der Waals surface area contributed by atoms with Gasteiger partial charge in [0.1, 0.15) is 11.7 Å². The van der Waals surface area contributed by atoms with Gasteiger partial charge in [0.2, 0.25) is 11.8 Å². The van der Waals surface area contributed by atoms with Crippen molar-refractivity contribution >= 4 is 5.91 Å². The summed E-state index contributed by atoms with van der Waals surface area (Å²) in [7, 11) is 0. The second kappa shape index (κ2) is 6.84. The van der Waals surface area contributed by atoms with E-state index < -0.39 is 0 Å². The van der Waals surface area contributed by atoms with Gasteiger partial charge in [0, 0.05) is 25.1 Å². The Bertz CT molecular complexity index is 714. The van der Waals surface area contributed by atoms with E-state index in [0.29, 0.717) is 32.0 Å². The van der Waals surface area contributed by atoms with Crippen molar-refractivity contribution in [3.05, 3.63) is 60.3 Å². The number of likely N-dealkylation sites (tertiary alicyclic amines) is 1. The summed E-state index contributed by atoms with van der Waals surface area (Å²) in [6.45, 7) is 1.97. The fraction of sp³-hybridized carbons (Fsp3) is 0.400. The first-order chi connectivity index (χ1) is 12.2. The maximum absolute atomic E-state index is 12.4. The number of aromatic nitrogens is 1. The SMILES string of the molecule is O=C(Cc1ccccc1)N1CC2(C[C@@H](Oc3ccccn3)CCO2)C1. The average molecular weight is 338 g/mol. The van der Waals surface area contributed by atoms with E-state index >= 15 is 0 Å². The van der Waals surface area contributed by atoms with Crippen LogP contribution in [0.25, 0.3) is 0 Å². The van der Waals surface area contributed by atoms with Crippen LogP contribution in [0.5, 0.6) is 5.88 Å². The van der Waals surface area contributed by atoms with Crippen LogP contribution in [0.1, 0.15) is 18.4 Å². The van der Waals surface area contributed by atoms with Crippen molar-refractivity contribution in [2.45, 2.75) is 31.0 Å². The molecule has 0 unspecified atom stereocenters. The summed E-state index contributed by atoms with van der Waals surface area (Å²) in [6, 6.07) is 15.5. The maximum atomic E-state index is 12.4. The smallest absolute Gasteiger partial charge is 0.227 e. The van der Waals surface area contributed by atoms with E-state index in [1.807, 2.05) is 53.4 Å². The highest BCUT2D eigenvalue weighted by Gasteiger charge is 2.49. The molecule has 5 heteroatoms. The highest BCUT2D eigenvalue weighted by molar-refractivity contribution is 5.79. The minimum Gasteiger partial charge on any atom is -0.474 e. The predicted molar refractivity (Wildman–Crippen MR) is 93.3 cm³/mol. The Morgan fingerprint density at radius 2 is 2.00 bits per heavy atom. The summed E-state index contributed by atoms with van der Waals surface area (Å²) in [5.41, 5.74) is 0.804. The number of rotatable bonds is 4. The molecule has 0 aliphatic carbocycles. The first-order valence-corrected chi connectivity index (χ1v) is 8.76. The lowest BCUT2D eigenvalue weighted by molar-refractivity contribution is -0.193. The van der Waals surface area contributed by atoms with Gasteiger partial charge in [-0.25, -0.2) is 4.98 Å². The van der Waals surface area contributed by atoms with Crippen molar-refractivity contribution in [1.29, 1.82) is 0 Å². The number of ether oxygens (including phenoxy) is 2. The molecule has 2 saturated heterocycles. The molecular formula is C20H22N2O3. The fourth-order valence-electron chi connectivity index (χ4n) is 3.60. The molecule has 1 amide bonds. The molecule has 2 aliphatic rings. The molecule has 2 aliphatic heterocycles. The highest BCUT2D eigenvalue weighted by atomic mass is 16.5. The molecule has 3 heterocycles. The van der Waals surface area contributed by atoms with E-state index in [1.165, 1.54) is 0 Å². The van der Waals surface area contributed by atoms with Gasteiger partial charge >= 0.3 is 0 Å². The van der Waals surface area contributed by atoms with Crippen molar-refractivity contribution in [2.24, 2.45) is 0 Å². The number of benzene rings is 1. The Morgan fingerprint density at radius 1 is 1.20 bits per heavy atom. The third-order valence-electron chi connectivity index (χ3n) is 4.88. The van der Waals surface area contributed by atoms with Crippen molar-refractivity contribution in [3.8, 4) is 5.88 Å². The summed E-state index contributed by atoms with van der Waals surface area (Å²) >= 11 is 0. The molecule has 0 N–H and O–H groups in total. The van der Waals surface area contributed by atoms with Gasteiger partial charge in [-0.2, -0.15) is 0 Å². The van der Waals surface area contributed by atoms with Crippen LogP contribution < -0.4 is 4.74 Å². The van der Waals surface area contributed by atoms with E-state index in [2.05, 4.69) is 4.98 Å². The molecule has 1 atom stereocenters. The number of nitrogens with zero attached hydrogens (tertiary/aromatic N) is 2. The van der Waals surface area contributed by atoms with Gasteiger partial charge in [0.25, 0.3) is 0 Å². The van der Waals surface area contributed by atoms with Gasteiger partial charge in [0.15, 0.2) is 0 Å². The Morgan fingerprint density at radius 3 is 2.76 bits per heavy atom. The van der Waals surface area contributed by atoms with Crippen LogP contribution in [0.2, 0.25) is 0 Å². The Hall–Kier alpha value is -2.40. The quantitative estimate of drug-likeness (QED) is 0.859. The molecule has 0 radical (unpaired) electrons. The van der Waals surface area contributed by atoms with Crippen LogP contribution in [0, 0.1) is 0 Å². The minimum atomic E-state index is -0.246. The third kappa shape index (κ3) is 3.66. The summed E-state index contributed by atoms with van der Waals surface area (Å²) in [6.07, 6.45) is 3.94. The normalized spacial score (nSPS) is 21.6. The molecule has 0 saturated carbocycles. The first-order valence-electron chi connectivity index (χ1n) is 8.76. The Kier molecular flexibility index (Phi) is 4.40. The second-order valence-corrected chi connectivity index (χ2v) is 6.84. The van der Waals surface area contributed by atoms with Gasteiger partial charge in [-0.05, 0) is 11.6 Å². The molecule has 2 fully saturated rings. The lowest BCUT2D eigenvalue weighted by Gasteiger charge is -2.52. The molecule has 0 bridgehead atoms. The van der Waals surface area contributed by atoms with Crippen LogP contribution in [0.3, 0.4) is 0 Å². The average Bonchev–Trinajstić information content (AvgIpc) is 2.61. The zero-order valence-corrected chi connectivity index (χ0v) is 14.1. The predicted octanol–water partition coefficient (Wildman–Crippen LogP) is 2.46. The van der Waals surface area contributed by atoms with Crippen LogP contribution in [-0.4, -0.2) is 47.2 Å². The summed E-state index contributed by atoms with van der Waals surface area (Å²) < 4.78 is 12.0. The van der Waals surface area contributed by atoms with E-state index in [1.54, 1.807) is 6.20 Å². The van der Waals surface area contributed by atoms with E-state index in [-0.39, 0.29) is 17.6 Å². The third-order valence-corrected chi connectivity index (χ3v) is 4.88. The molecule has 5 nitrogen and oxygen atoms in total. The van der Waals surface area contributed by atoms with Gasteiger partial charge in [-0.15, -0.1) is 0 Å². The fourth-order valence-corrected chi connectivity index (χ4v) is 3.60. The van der Waals surface area contributed by atoms with Crippen molar-refractivity contribution < 1.29 is 14.3 Å². The molecule has 1 spiro atoms. The first kappa shape index (κ1) is 16.1. The molecule has 1 aromatic carbocycles. The number of pyridine rings is 1. The maximum Gasteiger partial charge on any atom is 0.227 e. The lowest BCUT2D eigenvalue weighted by atomic mass is 9.84. The molecular weight excluding hydrogens is 316 g/mol.